The molecule has 0 amide bonds. The standard InChI is InChI=1S/C19H11Cl2N5/c20-11-6-10(7-12(21)8-11)18-25-16-13-3-5-22-9-15(13)24-19-14(17(16)26-18)2-1-4-23-19/h1-9H,(H,23,24)(H,25,26). The molecule has 0 saturated carbocycles. The molecule has 3 aromatic heterocycles. The Labute approximate surface area is 159 Å². The van der Waals surface area contributed by atoms with Crippen molar-refractivity contribution in [2.45, 2.75) is 0 Å². The van der Waals surface area contributed by atoms with Crippen LogP contribution in [0, 0.1) is 0 Å². The molecule has 0 aliphatic carbocycles. The van der Waals surface area contributed by atoms with E-state index in [1.807, 2.05) is 30.3 Å². The predicted octanol–water partition coefficient (Wildman–Crippen LogP) is 5.56. The number of benzene rings is 1. The van der Waals surface area contributed by atoms with Crippen LogP contribution in [-0.2, 0) is 0 Å². The molecule has 2 N–H and O–H groups in total. The van der Waals surface area contributed by atoms with Crippen LogP contribution in [0.25, 0.3) is 33.9 Å². The summed E-state index contributed by atoms with van der Waals surface area (Å²) in [6, 6.07) is 11.2. The summed E-state index contributed by atoms with van der Waals surface area (Å²) in [6.45, 7) is 0. The molecular formula is C19H11Cl2N5. The van der Waals surface area contributed by atoms with Crippen molar-refractivity contribution < 1.29 is 0 Å². The predicted molar refractivity (Wildman–Crippen MR) is 104 cm³/mol. The van der Waals surface area contributed by atoms with Crippen molar-refractivity contribution >= 4 is 34.7 Å². The maximum absolute atomic E-state index is 6.16. The Morgan fingerprint density at radius 3 is 2.62 bits per heavy atom. The summed E-state index contributed by atoms with van der Waals surface area (Å²) < 4.78 is 0. The summed E-state index contributed by atoms with van der Waals surface area (Å²) in [5.74, 6) is 1.43. The third-order valence-electron chi connectivity index (χ3n) is 4.25. The number of aromatic nitrogens is 4. The van der Waals surface area contributed by atoms with E-state index in [-0.39, 0.29) is 0 Å². The van der Waals surface area contributed by atoms with E-state index in [0.29, 0.717) is 15.9 Å². The number of nitrogens with one attached hydrogen (secondary N) is 2. The van der Waals surface area contributed by atoms with Gasteiger partial charge in [-0.15, -0.1) is 0 Å². The smallest absolute Gasteiger partial charge is 0.139 e. The number of aromatic amines is 1. The van der Waals surface area contributed by atoms with Crippen molar-refractivity contribution in [3.8, 4) is 33.9 Å². The fourth-order valence-electron chi connectivity index (χ4n) is 3.13. The van der Waals surface area contributed by atoms with Crippen LogP contribution >= 0.6 is 23.2 Å². The molecule has 126 valence electrons. The lowest BCUT2D eigenvalue weighted by molar-refractivity contribution is 1.26. The highest BCUT2D eigenvalue weighted by molar-refractivity contribution is 6.35. The average Bonchev–Trinajstić information content (AvgIpc) is 3.02. The first kappa shape index (κ1) is 15.4. The fourth-order valence-corrected chi connectivity index (χ4v) is 3.65. The van der Waals surface area contributed by atoms with Crippen molar-refractivity contribution in [3.63, 3.8) is 0 Å². The van der Waals surface area contributed by atoms with Gasteiger partial charge >= 0.3 is 0 Å². The van der Waals surface area contributed by atoms with Gasteiger partial charge in [-0.3, -0.25) is 4.98 Å². The van der Waals surface area contributed by atoms with E-state index in [1.54, 1.807) is 24.7 Å². The van der Waals surface area contributed by atoms with Gasteiger partial charge < -0.3 is 10.3 Å². The number of halogens is 2. The van der Waals surface area contributed by atoms with Gasteiger partial charge in [-0.2, -0.15) is 0 Å². The maximum Gasteiger partial charge on any atom is 0.139 e. The van der Waals surface area contributed by atoms with Crippen molar-refractivity contribution in [1.82, 2.24) is 19.9 Å². The molecule has 1 aromatic carbocycles. The first-order chi connectivity index (χ1) is 12.7. The van der Waals surface area contributed by atoms with E-state index in [0.717, 1.165) is 39.6 Å². The highest BCUT2D eigenvalue weighted by Gasteiger charge is 2.24. The van der Waals surface area contributed by atoms with Crippen LogP contribution in [0.4, 0.5) is 11.5 Å². The number of imidazole rings is 1. The zero-order valence-corrected chi connectivity index (χ0v) is 14.8. The zero-order valence-electron chi connectivity index (χ0n) is 13.3. The molecule has 1 aliphatic heterocycles. The third kappa shape index (κ3) is 2.44. The third-order valence-corrected chi connectivity index (χ3v) is 4.68. The van der Waals surface area contributed by atoms with Crippen molar-refractivity contribution in [2.75, 3.05) is 5.32 Å². The van der Waals surface area contributed by atoms with E-state index in [4.69, 9.17) is 28.2 Å². The minimum Gasteiger partial charge on any atom is -0.338 e. The van der Waals surface area contributed by atoms with E-state index in [2.05, 4.69) is 20.3 Å². The van der Waals surface area contributed by atoms with Crippen molar-refractivity contribution in [1.29, 1.82) is 0 Å². The van der Waals surface area contributed by atoms with Gasteiger partial charge in [-0.25, -0.2) is 9.97 Å². The summed E-state index contributed by atoms with van der Waals surface area (Å²) in [5.41, 5.74) is 5.29. The number of hydrogen-bond acceptors (Lipinski definition) is 4. The maximum atomic E-state index is 6.16. The molecule has 4 aromatic rings. The monoisotopic (exact) mass is 379 g/mol. The first-order valence-corrected chi connectivity index (χ1v) is 8.68. The Balaban J connectivity index is 1.80. The Bertz CT molecular complexity index is 1070. The Morgan fingerprint density at radius 1 is 0.923 bits per heavy atom. The molecule has 0 bridgehead atoms. The lowest BCUT2D eigenvalue weighted by atomic mass is 10.1. The van der Waals surface area contributed by atoms with Crippen LogP contribution in [0.15, 0.2) is 55.0 Å². The molecule has 5 rings (SSSR count). The molecular weight excluding hydrogens is 369 g/mol. The number of H-pyrrole nitrogens is 1. The van der Waals surface area contributed by atoms with Gasteiger partial charge in [0.25, 0.3) is 0 Å². The second kappa shape index (κ2) is 5.83. The topological polar surface area (TPSA) is 66.5 Å². The number of fused-ring (bicyclic) bond motifs is 5. The Hall–Kier alpha value is -2.89. The van der Waals surface area contributed by atoms with E-state index < -0.39 is 0 Å². The lowest BCUT2D eigenvalue weighted by Gasteiger charge is -2.08. The molecule has 1 aliphatic rings. The van der Waals surface area contributed by atoms with Gasteiger partial charge in [0, 0.05) is 39.1 Å². The Kier molecular flexibility index (Phi) is 3.45. The first-order valence-electron chi connectivity index (χ1n) is 7.92. The minimum absolute atomic E-state index is 0.562. The molecule has 4 heterocycles. The van der Waals surface area contributed by atoms with Gasteiger partial charge in [-0.05, 0) is 36.4 Å². The molecule has 5 nitrogen and oxygen atoms in total. The largest absolute Gasteiger partial charge is 0.338 e. The summed E-state index contributed by atoms with van der Waals surface area (Å²) in [5, 5.41) is 4.46. The van der Waals surface area contributed by atoms with Gasteiger partial charge in [0.1, 0.15) is 17.3 Å². The second-order valence-corrected chi connectivity index (χ2v) is 6.79. The summed E-state index contributed by atoms with van der Waals surface area (Å²) in [4.78, 5) is 16.9. The van der Waals surface area contributed by atoms with E-state index >= 15 is 0 Å². The van der Waals surface area contributed by atoms with Crippen LogP contribution in [-0.4, -0.2) is 19.9 Å². The SMILES string of the molecule is Clc1cc(Cl)cc(-c2nc3c([nH]2)-c2ccncc2Nc2ncccc2-3)c1. The van der Waals surface area contributed by atoms with Crippen LogP contribution in [0.1, 0.15) is 0 Å². The normalized spacial score (nSPS) is 11.8. The number of anilines is 2. The molecule has 0 atom stereocenters. The molecule has 0 radical (unpaired) electrons. The number of rotatable bonds is 1. The van der Waals surface area contributed by atoms with Crippen LogP contribution in [0.2, 0.25) is 10.0 Å². The van der Waals surface area contributed by atoms with Crippen molar-refractivity contribution in [3.05, 3.63) is 65.0 Å². The summed E-state index contributed by atoms with van der Waals surface area (Å²) >= 11 is 12.3. The highest BCUT2D eigenvalue weighted by atomic mass is 35.5. The molecule has 0 unspecified atom stereocenters. The van der Waals surface area contributed by atoms with E-state index in [9.17, 15) is 0 Å². The zero-order chi connectivity index (χ0) is 17.7. The molecule has 0 fully saturated rings. The van der Waals surface area contributed by atoms with Crippen LogP contribution in [0.3, 0.4) is 0 Å². The Morgan fingerprint density at radius 2 is 1.77 bits per heavy atom. The summed E-state index contributed by atoms with van der Waals surface area (Å²) in [6.07, 6.45) is 5.28. The molecule has 0 spiro atoms. The van der Waals surface area contributed by atoms with Gasteiger partial charge in [0.05, 0.1) is 17.6 Å². The van der Waals surface area contributed by atoms with Gasteiger partial charge in [0.15, 0.2) is 0 Å². The average molecular weight is 380 g/mol. The lowest BCUT2D eigenvalue weighted by Crippen LogP contribution is -1.95. The van der Waals surface area contributed by atoms with Crippen LogP contribution < -0.4 is 5.32 Å². The summed E-state index contributed by atoms with van der Waals surface area (Å²) in [7, 11) is 0. The number of hydrogen-bond donors (Lipinski definition) is 2. The van der Waals surface area contributed by atoms with Gasteiger partial charge in [0.2, 0.25) is 0 Å². The second-order valence-electron chi connectivity index (χ2n) is 5.91. The number of nitrogens with zero attached hydrogens (tertiary/aromatic N) is 3. The minimum atomic E-state index is 0.562. The van der Waals surface area contributed by atoms with Crippen LogP contribution in [0.5, 0.6) is 0 Å². The molecule has 7 heteroatoms. The number of pyridine rings is 2. The molecule has 0 saturated heterocycles. The highest BCUT2D eigenvalue weighted by Crippen LogP contribution is 2.42. The van der Waals surface area contributed by atoms with E-state index in [1.165, 1.54) is 0 Å². The van der Waals surface area contributed by atoms with Crippen molar-refractivity contribution in [2.24, 2.45) is 0 Å². The molecule has 26 heavy (non-hydrogen) atoms. The fraction of sp³-hybridized carbons (Fsp3) is 0. The quantitative estimate of drug-likeness (QED) is 0.399. The van der Waals surface area contributed by atoms with Gasteiger partial charge in [-0.1, -0.05) is 23.2 Å².